The van der Waals surface area contributed by atoms with Crippen molar-refractivity contribution in [2.75, 3.05) is 11.2 Å². The van der Waals surface area contributed by atoms with Crippen LogP contribution in [0.15, 0.2) is 18.2 Å². The van der Waals surface area contributed by atoms with Crippen molar-refractivity contribution in [2.24, 2.45) is 0 Å². The van der Waals surface area contributed by atoms with Crippen LogP contribution in [0.5, 0.6) is 0 Å². The standard InChI is InChI=1S/C12H11ClN2O/c13-6-12(16)15-10-4-3-9(7-14)11(5-10)8-1-2-8/h3-5,8H,1-2,6H2,(H,15,16). The summed E-state index contributed by atoms with van der Waals surface area (Å²) < 4.78 is 0. The Morgan fingerprint density at radius 1 is 1.56 bits per heavy atom. The van der Waals surface area contributed by atoms with E-state index < -0.39 is 0 Å². The fourth-order valence-electron chi connectivity index (χ4n) is 1.67. The summed E-state index contributed by atoms with van der Waals surface area (Å²) in [5, 5.41) is 11.6. The third kappa shape index (κ3) is 2.34. The molecule has 4 heteroatoms. The SMILES string of the molecule is N#Cc1ccc(NC(=O)CCl)cc1C1CC1. The normalized spacial score (nSPS) is 14.2. The summed E-state index contributed by atoms with van der Waals surface area (Å²) in [5.41, 5.74) is 2.45. The first-order chi connectivity index (χ1) is 7.74. The molecule has 1 aliphatic rings. The lowest BCUT2D eigenvalue weighted by Crippen LogP contribution is -2.12. The molecular weight excluding hydrogens is 224 g/mol. The van der Waals surface area contributed by atoms with Gasteiger partial charge in [0.2, 0.25) is 5.91 Å². The maximum absolute atomic E-state index is 11.1. The van der Waals surface area contributed by atoms with Gasteiger partial charge in [0, 0.05) is 5.69 Å². The van der Waals surface area contributed by atoms with Gasteiger partial charge in [-0.05, 0) is 42.5 Å². The van der Waals surface area contributed by atoms with Gasteiger partial charge in [-0.15, -0.1) is 11.6 Å². The van der Waals surface area contributed by atoms with Gasteiger partial charge in [-0.25, -0.2) is 0 Å². The van der Waals surface area contributed by atoms with Crippen LogP contribution >= 0.6 is 11.6 Å². The lowest BCUT2D eigenvalue weighted by molar-refractivity contribution is -0.113. The number of hydrogen-bond donors (Lipinski definition) is 1. The van der Waals surface area contributed by atoms with E-state index in [9.17, 15) is 4.79 Å². The molecule has 2 rings (SSSR count). The number of hydrogen-bond acceptors (Lipinski definition) is 2. The van der Waals surface area contributed by atoms with E-state index in [4.69, 9.17) is 16.9 Å². The fraction of sp³-hybridized carbons (Fsp3) is 0.333. The summed E-state index contributed by atoms with van der Waals surface area (Å²) in [6.45, 7) is 0. The van der Waals surface area contributed by atoms with E-state index >= 15 is 0 Å². The molecule has 0 aromatic heterocycles. The molecule has 0 radical (unpaired) electrons. The maximum atomic E-state index is 11.1. The average molecular weight is 235 g/mol. The van der Waals surface area contributed by atoms with E-state index in [2.05, 4.69) is 11.4 Å². The molecule has 1 saturated carbocycles. The lowest BCUT2D eigenvalue weighted by Gasteiger charge is -2.07. The molecule has 0 heterocycles. The third-order valence-electron chi connectivity index (χ3n) is 2.59. The van der Waals surface area contributed by atoms with Crippen LogP contribution < -0.4 is 5.32 Å². The van der Waals surface area contributed by atoms with Gasteiger partial charge < -0.3 is 5.32 Å². The molecule has 0 spiro atoms. The molecule has 0 bridgehead atoms. The van der Waals surface area contributed by atoms with E-state index in [-0.39, 0.29) is 11.8 Å². The topological polar surface area (TPSA) is 52.9 Å². The number of alkyl halides is 1. The highest BCUT2D eigenvalue weighted by Crippen LogP contribution is 2.42. The minimum atomic E-state index is -0.229. The number of rotatable bonds is 3. The predicted octanol–water partition coefficient (Wildman–Crippen LogP) is 2.61. The minimum Gasteiger partial charge on any atom is -0.325 e. The minimum absolute atomic E-state index is 0.0568. The van der Waals surface area contributed by atoms with Crippen molar-refractivity contribution in [3.63, 3.8) is 0 Å². The number of carbonyl (C=O) groups excluding carboxylic acids is 1. The van der Waals surface area contributed by atoms with Gasteiger partial charge in [0.1, 0.15) is 5.88 Å². The molecule has 82 valence electrons. The fourth-order valence-corrected chi connectivity index (χ4v) is 1.74. The number of nitriles is 1. The van der Waals surface area contributed by atoms with Crippen LogP contribution in [0.2, 0.25) is 0 Å². The van der Waals surface area contributed by atoms with Crippen molar-refractivity contribution in [3.8, 4) is 6.07 Å². The second-order valence-electron chi connectivity index (χ2n) is 3.87. The quantitative estimate of drug-likeness (QED) is 0.818. The molecule has 1 aromatic rings. The highest BCUT2D eigenvalue weighted by Gasteiger charge is 2.26. The molecule has 1 aliphatic carbocycles. The van der Waals surface area contributed by atoms with Crippen LogP contribution in [0.3, 0.4) is 0 Å². The number of halogens is 1. The van der Waals surface area contributed by atoms with Crippen molar-refractivity contribution < 1.29 is 4.79 Å². The molecule has 0 atom stereocenters. The largest absolute Gasteiger partial charge is 0.325 e. The Bertz CT molecular complexity index is 461. The predicted molar refractivity (Wildman–Crippen MR) is 62.5 cm³/mol. The van der Waals surface area contributed by atoms with Gasteiger partial charge in [0.25, 0.3) is 0 Å². The van der Waals surface area contributed by atoms with Gasteiger partial charge in [0.15, 0.2) is 0 Å². The summed E-state index contributed by atoms with van der Waals surface area (Å²) in [4.78, 5) is 11.1. The van der Waals surface area contributed by atoms with Crippen LogP contribution in [-0.2, 0) is 4.79 Å². The molecule has 0 aliphatic heterocycles. The number of nitrogens with one attached hydrogen (secondary N) is 1. The zero-order chi connectivity index (χ0) is 11.5. The van der Waals surface area contributed by atoms with E-state index in [1.807, 2.05) is 6.07 Å². The second kappa shape index (κ2) is 4.54. The Morgan fingerprint density at radius 3 is 2.88 bits per heavy atom. The molecular formula is C12H11ClN2O. The monoisotopic (exact) mass is 234 g/mol. The summed E-state index contributed by atoms with van der Waals surface area (Å²) in [6, 6.07) is 7.53. The van der Waals surface area contributed by atoms with E-state index in [1.54, 1.807) is 12.1 Å². The van der Waals surface area contributed by atoms with Crippen LogP contribution in [0.4, 0.5) is 5.69 Å². The Morgan fingerprint density at radius 2 is 2.31 bits per heavy atom. The molecule has 1 fully saturated rings. The number of amides is 1. The smallest absolute Gasteiger partial charge is 0.239 e. The Balaban J connectivity index is 2.25. The molecule has 1 aromatic carbocycles. The van der Waals surface area contributed by atoms with Crippen LogP contribution in [0, 0.1) is 11.3 Å². The maximum Gasteiger partial charge on any atom is 0.239 e. The van der Waals surface area contributed by atoms with Crippen molar-refractivity contribution in [3.05, 3.63) is 29.3 Å². The van der Waals surface area contributed by atoms with Crippen LogP contribution in [0.25, 0.3) is 0 Å². The highest BCUT2D eigenvalue weighted by molar-refractivity contribution is 6.29. The number of nitrogens with zero attached hydrogens (tertiary/aromatic N) is 1. The summed E-state index contributed by atoms with van der Waals surface area (Å²) in [6.07, 6.45) is 2.25. The van der Waals surface area contributed by atoms with Gasteiger partial charge in [0.05, 0.1) is 11.6 Å². The van der Waals surface area contributed by atoms with Crippen LogP contribution in [-0.4, -0.2) is 11.8 Å². The molecule has 0 unspecified atom stereocenters. The first-order valence-electron chi connectivity index (χ1n) is 5.14. The number of carbonyl (C=O) groups is 1. The Kier molecular flexibility index (Phi) is 3.12. The van der Waals surface area contributed by atoms with Gasteiger partial charge in [-0.3, -0.25) is 4.79 Å². The van der Waals surface area contributed by atoms with E-state index in [0.717, 1.165) is 18.4 Å². The molecule has 1 N–H and O–H groups in total. The van der Waals surface area contributed by atoms with Crippen molar-refractivity contribution in [1.82, 2.24) is 0 Å². The Labute approximate surface area is 99.0 Å². The number of benzene rings is 1. The van der Waals surface area contributed by atoms with Crippen LogP contribution in [0.1, 0.15) is 29.9 Å². The lowest BCUT2D eigenvalue weighted by atomic mass is 10.0. The van der Waals surface area contributed by atoms with Gasteiger partial charge in [-0.1, -0.05) is 0 Å². The first kappa shape index (κ1) is 11.0. The summed E-state index contributed by atoms with van der Waals surface area (Å²) >= 11 is 5.41. The third-order valence-corrected chi connectivity index (χ3v) is 2.84. The summed E-state index contributed by atoms with van der Waals surface area (Å²) in [5.74, 6) is 0.203. The number of anilines is 1. The summed E-state index contributed by atoms with van der Waals surface area (Å²) in [7, 11) is 0. The first-order valence-corrected chi connectivity index (χ1v) is 5.68. The Hall–Kier alpha value is -1.53. The zero-order valence-electron chi connectivity index (χ0n) is 8.66. The van der Waals surface area contributed by atoms with Crippen molar-refractivity contribution in [2.45, 2.75) is 18.8 Å². The van der Waals surface area contributed by atoms with Crippen molar-refractivity contribution in [1.29, 1.82) is 5.26 Å². The van der Waals surface area contributed by atoms with Gasteiger partial charge in [-0.2, -0.15) is 5.26 Å². The average Bonchev–Trinajstić information content (AvgIpc) is 3.12. The van der Waals surface area contributed by atoms with E-state index in [1.165, 1.54) is 0 Å². The van der Waals surface area contributed by atoms with E-state index in [0.29, 0.717) is 17.2 Å². The highest BCUT2D eigenvalue weighted by atomic mass is 35.5. The van der Waals surface area contributed by atoms with Crippen molar-refractivity contribution >= 4 is 23.2 Å². The molecule has 16 heavy (non-hydrogen) atoms. The zero-order valence-corrected chi connectivity index (χ0v) is 9.42. The second-order valence-corrected chi connectivity index (χ2v) is 4.14. The molecule has 3 nitrogen and oxygen atoms in total. The molecule has 1 amide bonds. The van der Waals surface area contributed by atoms with Gasteiger partial charge >= 0.3 is 0 Å². The molecule has 0 saturated heterocycles.